The van der Waals surface area contributed by atoms with Gasteiger partial charge in [-0.25, -0.2) is 0 Å². The van der Waals surface area contributed by atoms with Crippen molar-refractivity contribution in [1.82, 2.24) is 10.6 Å². The maximum absolute atomic E-state index is 12.0. The molecule has 0 saturated carbocycles. The molecule has 1 rings (SSSR count). The first-order valence-electron chi connectivity index (χ1n) is 7.06. The lowest BCUT2D eigenvalue weighted by Crippen LogP contribution is -2.32. The first kappa shape index (κ1) is 17.0. The summed E-state index contributed by atoms with van der Waals surface area (Å²) in [6, 6.07) is 5.34. The third kappa shape index (κ3) is 5.83. The summed E-state index contributed by atoms with van der Waals surface area (Å²) in [6.07, 6.45) is 0.260. The van der Waals surface area contributed by atoms with E-state index >= 15 is 0 Å². The fourth-order valence-electron chi connectivity index (χ4n) is 1.77. The Labute approximate surface area is 125 Å². The standard InChI is InChI=1S/C15H24N4O2/c1-10(2)9-18-14(20)6-7-17-15(21)12-5-4-11(3)8-13(12)19-16/h4-5,8,10,19H,6-7,9,16H2,1-3H3,(H,17,21)(H,18,20). The molecule has 0 aliphatic carbocycles. The van der Waals surface area contributed by atoms with Crippen molar-refractivity contribution in [2.45, 2.75) is 27.2 Å². The van der Waals surface area contributed by atoms with Crippen molar-refractivity contribution in [3.63, 3.8) is 0 Å². The highest BCUT2D eigenvalue weighted by Gasteiger charge is 2.11. The Balaban J connectivity index is 2.46. The number of carbonyl (C=O) groups is 2. The van der Waals surface area contributed by atoms with Crippen molar-refractivity contribution in [1.29, 1.82) is 0 Å². The third-order valence-electron chi connectivity index (χ3n) is 2.92. The Bertz CT molecular complexity index is 500. The van der Waals surface area contributed by atoms with Crippen molar-refractivity contribution in [2.24, 2.45) is 11.8 Å². The lowest BCUT2D eigenvalue weighted by atomic mass is 10.1. The molecule has 6 nitrogen and oxygen atoms in total. The van der Waals surface area contributed by atoms with Crippen LogP contribution in [0.15, 0.2) is 18.2 Å². The minimum atomic E-state index is -0.250. The van der Waals surface area contributed by atoms with Crippen LogP contribution in [-0.2, 0) is 4.79 Å². The van der Waals surface area contributed by atoms with Gasteiger partial charge in [-0.15, -0.1) is 0 Å². The zero-order valence-corrected chi connectivity index (χ0v) is 12.8. The topological polar surface area (TPSA) is 96.2 Å². The summed E-state index contributed by atoms with van der Waals surface area (Å²) < 4.78 is 0. The van der Waals surface area contributed by atoms with Crippen LogP contribution in [0.2, 0.25) is 0 Å². The van der Waals surface area contributed by atoms with Crippen LogP contribution in [-0.4, -0.2) is 24.9 Å². The Morgan fingerprint density at radius 2 is 1.95 bits per heavy atom. The molecule has 0 fully saturated rings. The number of hydrogen-bond donors (Lipinski definition) is 4. The SMILES string of the molecule is Cc1ccc(C(=O)NCCC(=O)NCC(C)C)c(NN)c1. The quantitative estimate of drug-likeness (QED) is 0.448. The van der Waals surface area contributed by atoms with Gasteiger partial charge < -0.3 is 16.1 Å². The summed E-state index contributed by atoms with van der Waals surface area (Å²) in [5.74, 6) is 5.50. The van der Waals surface area contributed by atoms with Gasteiger partial charge in [0.25, 0.3) is 5.91 Å². The predicted octanol–water partition coefficient (Wildman–Crippen LogP) is 1.17. The number of rotatable bonds is 7. The van der Waals surface area contributed by atoms with Gasteiger partial charge in [-0.2, -0.15) is 0 Å². The summed E-state index contributed by atoms with van der Waals surface area (Å²) in [4.78, 5) is 23.6. The number of amides is 2. The smallest absolute Gasteiger partial charge is 0.253 e. The molecule has 0 radical (unpaired) electrons. The van der Waals surface area contributed by atoms with Gasteiger partial charge in [0.05, 0.1) is 11.3 Å². The van der Waals surface area contributed by atoms with E-state index in [1.807, 2.05) is 26.8 Å². The van der Waals surface area contributed by atoms with Crippen molar-refractivity contribution in [3.05, 3.63) is 29.3 Å². The molecule has 1 aromatic carbocycles. The van der Waals surface area contributed by atoms with Crippen molar-refractivity contribution >= 4 is 17.5 Å². The van der Waals surface area contributed by atoms with Gasteiger partial charge >= 0.3 is 0 Å². The second-order valence-corrected chi connectivity index (χ2v) is 5.40. The monoisotopic (exact) mass is 292 g/mol. The zero-order chi connectivity index (χ0) is 15.8. The van der Waals surface area contributed by atoms with E-state index in [-0.39, 0.29) is 18.2 Å². The van der Waals surface area contributed by atoms with Crippen LogP contribution in [0.5, 0.6) is 0 Å². The predicted molar refractivity (Wildman–Crippen MR) is 83.8 cm³/mol. The maximum atomic E-state index is 12.0. The largest absolute Gasteiger partial charge is 0.356 e. The molecule has 0 saturated heterocycles. The molecule has 0 heterocycles. The summed E-state index contributed by atoms with van der Waals surface area (Å²) in [5.41, 5.74) is 4.55. The molecule has 0 aliphatic heterocycles. The molecule has 0 aromatic heterocycles. The maximum Gasteiger partial charge on any atom is 0.253 e. The fraction of sp³-hybridized carbons (Fsp3) is 0.467. The summed E-state index contributed by atoms with van der Waals surface area (Å²) in [6.45, 7) is 6.91. The Morgan fingerprint density at radius 1 is 1.24 bits per heavy atom. The van der Waals surface area contributed by atoms with E-state index in [1.54, 1.807) is 12.1 Å². The van der Waals surface area contributed by atoms with Gasteiger partial charge in [-0.05, 0) is 30.5 Å². The number of carbonyl (C=O) groups excluding carboxylic acids is 2. The molecule has 5 N–H and O–H groups in total. The van der Waals surface area contributed by atoms with E-state index in [0.29, 0.717) is 30.3 Å². The Kier molecular flexibility index (Phi) is 6.68. The molecule has 21 heavy (non-hydrogen) atoms. The number of benzene rings is 1. The highest BCUT2D eigenvalue weighted by molar-refractivity contribution is 5.99. The number of nitrogens with two attached hydrogens (primary N) is 1. The van der Waals surface area contributed by atoms with Crippen molar-refractivity contribution in [2.75, 3.05) is 18.5 Å². The molecule has 0 unspecified atom stereocenters. The fourth-order valence-corrected chi connectivity index (χ4v) is 1.77. The first-order chi connectivity index (χ1) is 9.93. The molecule has 0 spiro atoms. The molecular weight excluding hydrogens is 268 g/mol. The van der Waals surface area contributed by atoms with E-state index in [1.165, 1.54) is 0 Å². The van der Waals surface area contributed by atoms with E-state index in [2.05, 4.69) is 16.1 Å². The van der Waals surface area contributed by atoms with E-state index < -0.39 is 0 Å². The van der Waals surface area contributed by atoms with Crippen LogP contribution in [0.25, 0.3) is 0 Å². The van der Waals surface area contributed by atoms with Crippen LogP contribution < -0.4 is 21.9 Å². The minimum Gasteiger partial charge on any atom is -0.356 e. The molecule has 2 amide bonds. The van der Waals surface area contributed by atoms with Crippen LogP contribution >= 0.6 is 0 Å². The number of nitrogen functional groups attached to an aromatic ring is 1. The average Bonchev–Trinajstić information content (AvgIpc) is 2.44. The first-order valence-corrected chi connectivity index (χ1v) is 7.06. The van der Waals surface area contributed by atoms with Crippen LogP contribution in [0.3, 0.4) is 0 Å². The lowest BCUT2D eigenvalue weighted by molar-refractivity contribution is -0.121. The zero-order valence-electron chi connectivity index (χ0n) is 12.8. The lowest BCUT2D eigenvalue weighted by Gasteiger charge is -2.11. The Hall–Kier alpha value is -2.08. The molecule has 116 valence electrons. The van der Waals surface area contributed by atoms with E-state index in [0.717, 1.165) is 5.56 Å². The highest BCUT2D eigenvalue weighted by Crippen LogP contribution is 2.16. The molecule has 6 heteroatoms. The van der Waals surface area contributed by atoms with E-state index in [4.69, 9.17) is 5.84 Å². The minimum absolute atomic E-state index is 0.0647. The summed E-state index contributed by atoms with van der Waals surface area (Å²) in [5, 5.41) is 5.52. The number of hydrogen-bond acceptors (Lipinski definition) is 4. The third-order valence-corrected chi connectivity index (χ3v) is 2.92. The second kappa shape index (κ2) is 8.26. The van der Waals surface area contributed by atoms with Gasteiger partial charge in [0.15, 0.2) is 0 Å². The van der Waals surface area contributed by atoms with Gasteiger partial charge in [0, 0.05) is 19.5 Å². The van der Waals surface area contributed by atoms with Crippen LogP contribution in [0.4, 0.5) is 5.69 Å². The molecule has 1 aromatic rings. The average molecular weight is 292 g/mol. The van der Waals surface area contributed by atoms with Crippen molar-refractivity contribution in [3.8, 4) is 0 Å². The van der Waals surface area contributed by atoms with Gasteiger partial charge in [-0.3, -0.25) is 15.4 Å². The molecule has 0 bridgehead atoms. The second-order valence-electron chi connectivity index (χ2n) is 5.40. The van der Waals surface area contributed by atoms with Crippen molar-refractivity contribution < 1.29 is 9.59 Å². The molecule has 0 atom stereocenters. The number of hydrazine groups is 1. The number of aryl methyl sites for hydroxylation is 1. The Morgan fingerprint density at radius 3 is 2.57 bits per heavy atom. The summed E-state index contributed by atoms with van der Waals surface area (Å²) in [7, 11) is 0. The molecular formula is C15H24N4O2. The summed E-state index contributed by atoms with van der Waals surface area (Å²) >= 11 is 0. The van der Waals surface area contributed by atoms with Gasteiger partial charge in [0.2, 0.25) is 5.91 Å². The van der Waals surface area contributed by atoms with Gasteiger partial charge in [0.1, 0.15) is 0 Å². The normalized spacial score (nSPS) is 10.3. The number of nitrogens with one attached hydrogen (secondary N) is 3. The van der Waals surface area contributed by atoms with Crippen LogP contribution in [0, 0.1) is 12.8 Å². The van der Waals surface area contributed by atoms with E-state index in [9.17, 15) is 9.59 Å². The van der Waals surface area contributed by atoms with Gasteiger partial charge in [-0.1, -0.05) is 19.9 Å². The highest BCUT2D eigenvalue weighted by atomic mass is 16.2. The molecule has 0 aliphatic rings. The van der Waals surface area contributed by atoms with Crippen LogP contribution in [0.1, 0.15) is 36.2 Å². The number of anilines is 1.